The molecule has 1 atom stereocenters. The second-order valence-electron chi connectivity index (χ2n) is 4.16. The molecule has 1 aliphatic heterocycles. The van der Waals surface area contributed by atoms with Gasteiger partial charge in [0.15, 0.2) is 0 Å². The van der Waals surface area contributed by atoms with Crippen LogP contribution in [0.5, 0.6) is 5.75 Å². The Labute approximate surface area is 114 Å². The molecule has 3 nitrogen and oxygen atoms in total. The predicted octanol–water partition coefficient (Wildman–Crippen LogP) is 3.05. The fourth-order valence-electron chi connectivity index (χ4n) is 1.93. The van der Waals surface area contributed by atoms with Gasteiger partial charge in [-0.2, -0.15) is 0 Å². The fourth-order valence-corrected chi connectivity index (χ4v) is 2.79. The van der Waals surface area contributed by atoms with Gasteiger partial charge in [0.1, 0.15) is 5.75 Å². The third-order valence-corrected chi connectivity index (χ3v) is 3.90. The van der Waals surface area contributed by atoms with E-state index in [-0.39, 0.29) is 16.7 Å². The van der Waals surface area contributed by atoms with E-state index in [1.807, 2.05) is 4.90 Å². The number of benzene rings is 1. The second kappa shape index (κ2) is 5.27. The number of hydrogen-bond acceptors (Lipinski definition) is 2. The molecular weight excluding hydrogens is 305 g/mol. The Bertz CT molecular complexity index is 439. The van der Waals surface area contributed by atoms with Crippen LogP contribution in [0.4, 0.5) is 0 Å². The SMILES string of the molecule is O=C(c1ccc(O)c(Cl)c1)N1CCCC(Br)C1. The van der Waals surface area contributed by atoms with Gasteiger partial charge in [0.05, 0.1) is 5.02 Å². The number of likely N-dealkylation sites (tertiary alicyclic amines) is 1. The van der Waals surface area contributed by atoms with E-state index in [2.05, 4.69) is 15.9 Å². The van der Waals surface area contributed by atoms with Crippen molar-refractivity contribution in [1.82, 2.24) is 4.90 Å². The van der Waals surface area contributed by atoms with Crippen molar-refractivity contribution in [2.75, 3.05) is 13.1 Å². The van der Waals surface area contributed by atoms with Crippen LogP contribution in [0.15, 0.2) is 18.2 Å². The lowest BCUT2D eigenvalue weighted by Crippen LogP contribution is -2.40. The van der Waals surface area contributed by atoms with Gasteiger partial charge < -0.3 is 10.0 Å². The maximum atomic E-state index is 12.2. The monoisotopic (exact) mass is 317 g/mol. The van der Waals surface area contributed by atoms with E-state index >= 15 is 0 Å². The minimum Gasteiger partial charge on any atom is -0.506 e. The van der Waals surface area contributed by atoms with Crippen LogP contribution in [0.1, 0.15) is 23.2 Å². The number of carbonyl (C=O) groups is 1. The van der Waals surface area contributed by atoms with Crippen molar-refractivity contribution in [1.29, 1.82) is 0 Å². The van der Waals surface area contributed by atoms with E-state index in [9.17, 15) is 9.90 Å². The van der Waals surface area contributed by atoms with Crippen LogP contribution in [-0.4, -0.2) is 33.8 Å². The highest BCUT2D eigenvalue weighted by atomic mass is 79.9. The number of carbonyl (C=O) groups excluding carboxylic acids is 1. The molecule has 2 rings (SSSR count). The first kappa shape index (κ1) is 12.7. The summed E-state index contributed by atoms with van der Waals surface area (Å²) >= 11 is 9.33. The van der Waals surface area contributed by atoms with E-state index in [1.54, 1.807) is 6.07 Å². The van der Waals surface area contributed by atoms with Gasteiger partial charge in [0.2, 0.25) is 0 Å². The van der Waals surface area contributed by atoms with E-state index in [0.717, 1.165) is 25.9 Å². The highest BCUT2D eigenvalue weighted by Crippen LogP contribution is 2.25. The minimum absolute atomic E-state index is 0.000212. The minimum atomic E-state index is -0.0314. The third kappa shape index (κ3) is 2.93. The lowest BCUT2D eigenvalue weighted by Gasteiger charge is -2.30. The highest BCUT2D eigenvalue weighted by Gasteiger charge is 2.23. The molecule has 1 N–H and O–H groups in total. The van der Waals surface area contributed by atoms with E-state index < -0.39 is 0 Å². The Morgan fingerprint density at radius 2 is 2.29 bits per heavy atom. The number of halogens is 2. The lowest BCUT2D eigenvalue weighted by atomic mass is 10.1. The maximum Gasteiger partial charge on any atom is 0.253 e. The third-order valence-electron chi connectivity index (χ3n) is 2.85. The number of amides is 1. The summed E-state index contributed by atoms with van der Waals surface area (Å²) in [4.78, 5) is 14.4. The summed E-state index contributed by atoms with van der Waals surface area (Å²) < 4.78 is 0. The number of phenolic OH excluding ortho intramolecular Hbond substituents is 1. The molecule has 1 aliphatic rings. The van der Waals surface area contributed by atoms with Crippen molar-refractivity contribution in [3.63, 3.8) is 0 Å². The lowest BCUT2D eigenvalue weighted by molar-refractivity contribution is 0.0730. The van der Waals surface area contributed by atoms with Crippen molar-refractivity contribution in [2.45, 2.75) is 17.7 Å². The molecular formula is C12H13BrClNO2. The summed E-state index contributed by atoms with van der Waals surface area (Å²) in [6, 6.07) is 4.56. The first-order valence-electron chi connectivity index (χ1n) is 5.50. The van der Waals surface area contributed by atoms with Crippen LogP contribution in [0.3, 0.4) is 0 Å². The summed E-state index contributed by atoms with van der Waals surface area (Å²) in [6.07, 6.45) is 2.10. The summed E-state index contributed by atoms with van der Waals surface area (Å²) in [6.45, 7) is 1.50. The van der Waals surface area contributed by atoms with E-state index in [1.165, 1.54) is 12.1 Å². The molecule has 0 radical (unpaired) electrons. The molecule has 1 unspecified atom stereocenters. The molecule has 17 heavy (non-hydrogen) atoms. The predicted molar refractivity (Wildman–Crippen MR) is 71.0 cm³/mol. The van der Waals surface area contributed by atoms with Crippen LogP contribution < -0.4 is 0 Å². The molecule has 0 spiro atoms. The molecule has 5 heteroatoms. The average Bonchev–Trinajstić information content (AvgIpc) is 2.32. The molecule has 0 aliphatic carbocycles. The van der Waals surface area contributed by atoms with Crippen molar-refractivity contribution in [2.24, 2.45) is 0 Å². The van der Waals surface area contributed by atoms with Crippen LogP contribution in [0.2, 0.25) is 5.02 Å². The number of hydrogen-bond donors (Lipinski definition) is 1. The molecule has 0 aromatic heterocycles. The molecule has 0 saturated carbocycles. The first-order chi connectivity index (χ1) is 8.08. The number of alkyl halides is 1. The maximum absolute atomic E-state index is 12.2. The zero-order valence-corrected chi connectivity index (χ0v) is 11.5. The Morgan fingerprint density at radius 1 is 1.53 bits per heavy atom. The zero-order chi connectivity index (χ0) is 12.4. The summed E-state index contributed by atoms with van der Waals surface area (Å²) in [5.41, 5.74) is 0.523. The molecule has 1 saturated heterocycles. The summed E-state index contributed by atoms with van der Waals surface area (Å²) in [5.74, 6) is -0.0312. The summed E-state index contributed by atoms with van der Waals surface area (Å²) in [5, 5.41) is 9.52. The molecule has 1 amide bonds. The van der Waals surface area contributed by atoms with Crippen molar-refractivity contribution in [3.05, 3.63) is 28.8 Å². The number of nitrogens with zero attached hydrogens (tertiary/aromatic N) is 1. The van der Waals surface area contributed by atoms with Gasteiger partial charge >= 0.3 is 0 Å². The van der Waals surface area contributed by atoms with Crippen molar-refractivity contribution < 1.29 is 9.90 Å². The molecule has 1 fully saturated rings. The van der Waals surface area contributed by atoms with Crippen LogP contribution in [0, 0.1) is 0 Å². The van der Waals surface area contributed by atoms with Crippen LogP contribution >= 0.6 is 27.5 Å². The van der Waals surface area contributed by atoms with Crippen molar-refractivity contribution in [3.8, 4) is 5.75 Å². The van der Waals surface area contributed by atoms with Crippen LogP contribution in [-0.2, 0) is 0 Å². The van der Waals surface area contributed by atoms with Gasteiger partial charge in [-0.3, -0.25) is 4.79 Å². The van der Waals surface area contributed by atoms with Gasteiger partial charge in [-0.25, -0.2) is 0 Å². The highest BCUT2D eigenvalue weighted by molar-refractivity contribution is 9.09. The molecule has 1 aromatic carbocycles. The Balaban J connectivity index is 2.15. The van der Waals surface area contributed by atoms with E-state index in [4.69, 9.17) is 11.6 Å². The number of piperidine rings is 1. The topological polar surface area (TPSA) is 40.5 Å². The molecule has 1 heterocycles. The van der Waals surface area contributed by atoms with Gasteiger partial charge in [-0.05, 0) is 31.0 Å². The van der Waals surface area contributed by atoms with Gasteiger partial charge in [-0.1, -0.05) is 27.5 Å². The quantitative estimate of drug-likeness (QED) is 0.809. The number of phenols is 1. The standard InChI is InChI=1S/C12H13BrClNO2/c13-9-2-1-5-15(7-9)12(17)8-3-4-11(16)10(14)6-8/h3-4,6,9,16H,1-2,5,7H2. The molecule has 0 bridgehead atoms. The largest absolute Gasteiger partial charge is 0.506 e. The smallest absolute Gasteiger partial charge is 0.253 e. The molecule has 92 valence electrons. The number of aromatic hydroxyl groups is 1. The summed E-state index contributed by atoms with van der Waals surface area (Å²) in [7, 11) is 0. The Kier molecular flexibility index (Phi) is 3.94. The fraction of sp³-hybridized carbons (Fsp3) is 0.417. The number of rotatable bonds is 1. The van der Waals surface area contributed by atoms with Gasteiger partial charge in [0, 0.05) is 23.5 Å². The van der Waals surface area contributed by atoms with Crippen molar-refractivity contribution >= 4 is 33.4 Å². The zero-order valence-electron chi connectivity index (χ0n) is 9.20. The Hall–Kier alpha value is -0.740. The Morgan fingerprint density at radius 3 is 2.94 bits per heavy atom. The van der Waals surface area contributed by atoms with E-state index in [0.29, 0.717) is 10.4 Å². The molecule has 1 aromatic rings. The van der Waals surface area contributed by atoms with Gasteiger partial charge in [-0.15, -0.1) is 0 Å². The average molecular weight is 319 g/mol. The first-order valence-corrected chi connectivity index (χ1v) is 6.79. The second-order valence-corrected chi connectivity index (χ2v) is 5.86. The van der Waals surface area contributed by atoms with Gasteiger partial charge in [0.25, 0.3) is 5.91 Å². The normalized spacial score (nSPS) is 20.4. The van der Waals surface area contributed by atoms with Crippen LogP contribution in [0.25, 0.3) is 0 Å².